The maximum absolute atomic E-state index is 12.3. The van der Waals surface area contributed by atoms with E-state index in [9.17, 15) is 9.59 Å². The van der Waals surface area contributed by atoms with Gasteiger partial charge in [0.15, 0.2) is 6.61 Å². The molecule has 0 saturated carbocycles. The number of rotatable bonds is 10. The summed E-state index contributed by atoms with van der Waals surface area (Å²) in [5.41, 5.74) is 4.22. The normalized spacial score (nSPS) is 10.6. The molecule has 3 rings (SSSR count). The fourth-order valence-corrected chi connectivity index (χ4v) is 3.49. The van der Waals surface area contributed by atoms with Gasteiger partial charge in [-0.1, -0.05) is 49.2 Å². The van der Waals surface area contributed by atoms with Crippen LogP contribution in [0.1, 0.15) is 31.4 Å². The molecule has 3 aromatic rings. The van der Waals surface area contributed by atoms with Crippen LogP contribution in [0.3, 0.4) is 0 Å². The van der Waals surface area contributed by atoms with Gasteiger partial charge in [0.25, 0.3) is 5.91 Å². The van der Waals surface area contributed by atoms with Gasteiger partial charge in [0, 0.05) is 40.6 Å². The molecule has 0 saturated heterocycles. The van der Waals surface area contributed by atoms with Crippen molar-refractivity contribution in [2.24, 2.45) is 5.92 Å². The van der Waals surface area contributed by atoms with E-state index >= 15 is 0 Å². The minimum Gasteiger partial charge on any atom is -0.483 e. The van der Waals surface area contributed by atoms with E-state index in [2.05, 4.69) is 16.0 Å². The summed E-state index contributed by atoms with van der Waals surface area (Å²) in [6.45, 7) is 6.31. The standard InChI is InChI=1S/C27H30ClN3O3/c1-18(2)13-26(32)31-24-6-4-5-23(15-24)29-16-20-14-21(28)9-12-25(20)34-17-27(33)30-22-10-7-19(3)8-11-22/h4-12,14-15,18,29H,13,16-17H2,1-3H3,(H,30,33)(H,31,32). The van der Waals surface area contributed by atoms with Gasteiger partial charge in [0.05, 0.1) is 0 Å². The highest BCUT2D eigenvalue weighted by Crippen LogP contribution is 2.25. The predicted molar refractivity (Wildman–Crippen MR) is 139 cm³/mol. The molecule has 0 heterocycles. The molecule has 0 aliphatic carbocycles. The average molecular weight is 480 g/mol. The summed E-state index contributed by atoms with van der Waals surface area (Å²) in [6, 6.07) is 20.4. The van der Waals surface area contributed by atoms with Gasteiger partial charge in [-0.3, -0.25) is 9.59 Å². The Balaban J connectivity index is 1.59. The summed E-state index contributed by atoms with van der Waals surface area (Å²) in [5.74, 6) is 0.600. The number of ether oxygens (including phenoxy) is 1. The lowest BCUT2D eigenvalue weighted by Crippen LogP contribution is -2.20. The van der Waals surface area contributed by atoms with Gasteiger partial charge in [-0.15, -0.1) is 0 Å². The van der Waals surface area contributed by atoms with Gasteiger partial charge in [-0.05, 0) is 61.4 Å². The number of hydrogen-bond acceptors (Lipinski definition) is 4. The maximum atomic E-state index is 12.3. The number of hydrogen-bond donors (Lipinski definition) is 3. The van der Waals surface area contributed by atoms with Crippen molar-refractivity contribution in [3.63, 3.8) is 0 Å². The van der Waals surface area contributed by atoms with Gasteiger partial charge in [-0.2, -0.15) is 0 Å². The Morgan fingerprint density at radius 3 is 2.32 bits per heavy atom. The fraction of sp³-hybridized carbons (Fsp3) is 0.259. The molecule has 2 amide bonds. The molecule has 0 atom stereocenters. The Bertz CT molecular complexity index is 1130. The van der Waals surface area contributed by atoms with Crippen molar-refractivity contribution in [3.8, 4) is 5.75 Å². The number of carbonyl (C=O) groups is 2. The molecule has 7 heteroatoms. The summed E-state index contributed by atoms with van der Waals surface area (Å²) in [6.07, 6.45) is 0.471. The van der Waals surface area contributed by atoms with Crippen molar-refractivity contribution >= 4 is 40.5 Å². The Morgan fingerprint density at radius 1 is 0.882 bits per heavy atom. The quantitative estimate of drug-likeness (QED) is 0.320. The number of aryl methyl sites for hydroxylation is 1. The molecule has 0 radical (unpaired) electrons. The highest BCUT2D eigenvalue weighted by atomic mass is 35.5. The van der Waals surface area contributed by atoms with Crippen LogP contribution < -0.4 is 20.7 Å². The van der Waals surface area contributed by atoms with E-state index < -0.39 is 0 Å². The molecule has 6 nitrogen and oxygen atoms in total. The van der Waals surface area contributed by atoms with E-state index in [1.54, 1.807) is 18.2 Å². The molecular weight excluding hydrogens is 450 g/mol. The monoisotopic (exact) mass is 479 g/mol. The highest BCUT2D eigenvalue weighted by molar-refractivity contribution is 6.30. The smallest absolute Gasteiger partial charge is 0.262 e. The minimum absolute atomic E-state index is 0.0124. The Kier molecular flexibility index (Phi) is 8.93. The van der Waals surface area contributed by atoms with Gasteiger partial charge >= 0.3 is 0 Å². The molecule has 0 fully saturated rings. The third-order valence-electron chi connectivity index (χ3n) is 4.94. The number of anilines is 3. The fourth-order valence-electron chi connectivity index (χ4n) is 3.29. The number of nitrogens with one attached hydrogen (secondary N) is 3. The highest BCUT2D eigenvalue weighted by Gasteiger charge is 2.10. The van der Waals surface area contributed by atoms with E-state index in [0.717, 1.165) is 28.2 Å². The molecule has 0 aliphatic rings. The zero-order valence-electron chi connectivity index (χ0n) is 19.7. The van der Waals surface area contributed by atoms with Crippen LogP contribution >= 0.6 is 11.6 Å². The summed E-state index contributed by atoms with van der Waals surface area (Å²) in [4.78, 5) is 24.4. The molecule has 0 aromatic heterocycles. The molecule has 0 aliphatic heterocycles. The zero-order valence-corrected chi connectivity index (χ0v) is 20.4. The third kappa shape index (κ3) is 8.12. The van der Waals surface area contributed by atoms with Crippen LogP contribution in [0.2, 0.25) is 5.02 Å². The summed E-state index contributed by atoms with van der Waals surface area (Å²) in [7, 11) is 0. The largest absolute Gasteiger partial charge is 0.483 e. The van der Waals surface area contributed by atoms with Crippen LogP contribution in [-0.2, 0) is 16.1 Å². The van der Waals surface area contributed by atoms with Crippen molar-refractivity contribution in [3.05, 3.63) is 82.9 Å². The second-order valence-electron chi connectivity index (χ2n) is 8.54. The van der Waals surface area contributed by atoms with E-state index in [1.165, 1.54) is 0 Å². The van der Waals surface area contributed by atoms with Gasteiger partial charge in [0.2, 0.25) is 5.91 Å². The van der Waals surface area contributed by atoms with Crippen molar-refractivity contribution < 1.29 is 14.3 Å². The van der Waals surface area contributed by atoms with Gasteiger partial charge in [-0.25, -0.2) is 0 Å². The topological polar surface area (TPSA) is 79.5 Å². The first-order valence-electron chi connectivity index (χ1n) is 11.2. The first kappa shape index (κ1) is 25.1. The Labute approximate surface area is 205 Å². The van der Waals surface area contributed by atoms with Crippen LogP contribution in [0.15, 0.2) is 66.7 Å². The minimum atomic E-state index is -0.248. The van der Waals surface area contributed by atoms with E-state index in [1.807, 2.05) is 69.3 Å². The molecule has 0 unspecified atom stereocenters. The van der Waals surface area contributed by atoms with Crippen LogP contribution in [0.4, 0.5) is 17.1 Å². The molecule has 3 N–H and O–H groups in total. The number of carbonyl (C=O) groups excluding carboxylic acids is 2. The first-order chi connectivity index (χ1) is 16.3. The SMILES string of the molecule is Cc1ccc(NC(=O)COc2ccc(Cl)cc2CNc2cccc(NC(=O)CC(C)C)c2)cc1. The van der Waals surface area contributed by atoms with E-state index in [-0.39, 0.29) is 18.4 Å². The molecule has 0 bridgehead atoms. The van der Waals surface area contributed by atoms with Crippen molar-refractivity contribution in [1.29, 1.82) is 0 Å². The summed E-state index contributed by atoms with van der Waals surface area (Å²) >= 11 is 6.20. The van der Waals surface area contributed by atoms with Crippen molar-refractivity contribution in [1.82, 2.24) is 0 Å². The predicted octanol–water partition coefficient (Wildman–Crippen LogP) is 6.26. The number of halogens is 1. The molecule has 178 valence electrons. The van der Waals surface area contributed by atoms with Crippen LogP contribution in [-0.4, -0.2) is 18.4 Å². The molecular formula is C27H30ClN3O3. The Morgan fingerprint density at radius 2 is 1.59 bits per heavy atom. The lowest BCUT2D eigenvalue weighted by Gasteiger charge is -2.14. The lowest BCUT2D eigenvalue weighted by atomic mass is 10.1. The molecule has 0 spiro atoms. The maximum Gasteiger partial charge on any atom is 0.262 e. The zero-order chi connectivity index (χ0) is 24.5. The summed E-state index contributed by atoms with van der Waals surface area (Å²) < 4.78 is 5.78. The second-order valence-corrected chi connectivity index (χ2v) is 8.97. The molecule has 34 heavy (non-hydrogen) atoms. The molecule has 3 aromatic carbocycles. The van der Waals surface area contributed by atoms with Crippen LogP contribution in [0, 0.1) is 12.8 Å². The van der Waals surface area contributed by atoms with Crippen LogP contribution in [0.25, 0.3) is 0 Å². The van der Waals surface area contributed by atoms with E-state index in [4.69, 9.17) is 16.3 Å². The van der Waals surface area contributed by atoms with Crippen molar-refractivity contribution in [2.45, 2.75) is 33.7 Å². The van der Waals surface area contributed by atoms with E-state index in [0.29, 0.717) is 29.7 Å². The third-order valence-corrected chi connectivity index (χ3v) is 5.17. The second kappa shape index (κ2) is 12.1. The van der Waals surface area contributed by atoms with Crippen LogP contribution in [0.5, 0.6) is 5.75 Å². The number of benzene rings is 3. The number of amides is 2. The van der Waals surface area contributed by atoms with Gasteiger partial charge < -0.3 is 20.7 Å². The van der Waals surface area contributed by atoms with Crippen molar-refractivity contribution in [2.75, 3.05) is 22.6 Å². The first-order valence-corrected chi connectivity index (χ1v) is 11.6. The summed E-state index contributed by atoms with van der Waals surface area (Å²) in [5, 5.41) is 9.64. The average Bonchev–Trinajstić information content (AvgIpc) is 2.78. The lowest BCUT2D eigenvalue weighted by molar-refractivity contribution is -0.118. The van der Waals surface area contributed by atoms with Gasteiger partial charge in [0.1, 0.15) is 5.75 Å². The Hall–Kier alpha value is -3.51.